The van der Waals surface area contributed by atoms with Crippen LogP contribution in [-0.4, -0.2) is 24.2 Å². The third kappa shape index (κ3) is 3.12. The first-order valence-electron chi connectivity index (χ1n) is 7.23. The zero-order valence-electron chi connectivity index (χ0n) is 13.3. The number of nitrogens with two attached hydrogens (primary N) is 1. The molecule has 0 aliphatic carbocycles. The number of hydrogen-bond donors (Lipinski definition) is 1. The molecular formula is C18H16FN3O2. The van der Waals surface area contributed by atoms with Gasteiger partial charge in [0.25, 0.3) is 0 Å². The van der Waals surface area contributed by atoms with Crippen molar-refractivity contribution in [3.05, 3.63) is 54.3 Å². The SMILES string of the molecule is COc1ccc(-c2cc(-c3cccc(F)c3)nc(N)n2)cc1OC. The van der Waals surface area contributed by atoms with Gasteiger partial charge in [-0.3, -0.25) is 0 Å². The molecule has 1 heterocycles. The number of ether oxygens (including phenoxy) is 2. The fraction of sp³-hybridized carbons (Fsp3) is 0.111. The minimum Gasteiger partial charge on any atom is -0.493 e. The lowest BCUT2D eigenvalue weighted by atomic mass is 10.1. The van der Waals surface area contributed by atoms with E-state index in [0.717, 1.165) is 5.56 Å². The lowest BCUT2D eigenvalue weighted by Gasteiger charge is -2.10. The van der Waals surface area contributed by atoms with Crippen molar-refractivity contribution in [2.24, 2.45) is 0 Å². The molecule has 0 fully saturated rings. The molecule has 5 nitrogen and oxygen atoms in total. The van der Waals surface area contributed by atoms with Crippen LogP contribution in [0.2, 0.25) is 0 Å². The molecule has 2 aromatic carbocycles. The Morgan fingerprint density at radius 3 is 2.12 bits per heavy atom. The minimum absolute atomic E-state index is 0.113. The van der Waals surface area contributed by atoms with Crippen molar-refractivity contribution in [1.82, 2.24) is 9.97 Å². The van der Waals surface area contributed by atoms with Gasteiger partial charge >= 0.3 is 0 Å². The molecule has 0 amide bonds. The van der Waals surface area contributed by atoms with Gasteiger partial charge in [0, 0.05) is 11.1 Å². The summed E-state index contributed by atoms with van der Waals surface area (Å²) in [7, 11) is 3.14. The molecule has 0 saturated carbocycles. The highest BCUT2D eigenvalue weighted by atomic mass is 19.1. The van der Waals surface area contributed by atoms with Crippen LogP contribution in [-0.2, 0) is 0 Å². The molecule has 122 valence electrons. The van der Waals surface area contributed by atoms with Gasteiger partial charge in [-0.05, 0) is 36.4 Å². The molecule has 0 spiro atoms. The van der Waals surface area contributed by atoms with Gasteiger partial charge < -0.3 is 15.2 Å². The first kappa shape index (κ1) is 15.7. The Balaban J connectivity index is 2.09. The number of hydrogen-bond acceptors (Lipinski definition) is 5. The van der Waals surface area contributed by atoms with Crippen molar-refractivity contribution in [2.75, 3.05) is 20.0 Å². The number of nitrogen functional groups attached to an aromatic ring is 1. The Morgan fingerprint density at radius 2 is 1.50 bits per heavy atom. The number of halogens is 1. The first-order valence-corrected chi connectivity index (χ1v) is 7.23. The average molecular weight is 325 g/mol. The van der Waals surface area contributed by atoms with Crippen LogP contribution >= 0.6 is 0 Å². The molecule has 0 unspecified atom stereocenters. The van der Waals surface area contributed by atoms with Crippen LogP contribution in [0.1, 0.15) is 0 Å². The van der Waals surface area contributed by atoms with Crippen LogP contribution in [0.4, 0.5) is 10.3 Å². The average Bonchev–Trinajstić information content (AvgIpc) is 2.60. The van der Waals surface area contributed by atoms with E-state index in [1.54, 1.807) is 44.6 Å². The summed E-state index contributed by atoms with van der Waals surface area (Å²) in [6.45, 7) is 0. The van der Waals surface area contributed by atoms with E-state index < -0.39 is 0 Å². The van der Waals surface area contributed by atoms with E-state index in [-0.39, 0.29) is 11.8 Å². The zero-order chi connectivity index (χ0) is 17.1. The molecule has 0 aliphatic rings. The highest BCUT2D eigenvalue weighted by molar-refractivity contribution is 5.71. The van der Waals surface area contributed by atoms with Crippen LogP contribution in [0.5, 0.6) is 11.5 Å². The smallest absolute Gasteiger partial charge is 0.221 e. The van der Waals surface area contributed by atoms with Crippen molar-refractivity contribution in [2.45, 2.75) is 0 Å². The van der Waals surface area contributed by atoms with Gasteiger partial charge in [-0.15, -0.1) is 0 Å². The molecule has 0 atom stereocenters. The summed E-state index contributed by atoms with van der Waals surface area (Å²) in [5.41, 5.74) is 8.41. The van der Waals surface area contributed by atoms with Crippen LogP contribution in [0.25, 0.3) is 22.5 Å². The second-order valence-corrected chi connectivity index (χ2v) is 5.08. The maximum atomic E-state index is 13.5. The summed E-state index contributed by atoms with van der Waals surface area (Å²) in [5, 5.41) is 0. The van der Waals surface area contributed by atoms with Crippen LogP contribution in [0.3, 0.4) is 0 Å². The van der Waals surface area contributed by atoms with Gasteiger partial charge in [-0.2, -0.15) is 0 Å². The van der Waals surface area contributed by atoms with E-state index in [0.29, 0.717) is 28.5 Å². The molecule has 3 aromatic rings. The number of anilines is 1. The fourth-order valence-corrected chi connectivity index (χ4v) is 2.40. The number of nitrogens with zero attached hydrogens (tertiary/aromatic N) is 2. The molecule has 6 heteroatoms. The Bertz CT molecular complexity index is 884. The van der Waals surface area contributed by atoms with Crippen molar-refractivity contribution in [1.29, 1.82) is 0 Å². The monoisotopic (exact) mass is 325 g/mol. The molecule has 3 rings (SSSR count). The maximum absolute atomic E-state index is 13.5. The van der Waals surface area contributed by atoms with E-state index in [9.17, 15) is 4.39 Å². The molecule has 1 aromatic heterocycles. The van der Waals surface area contributed by atoms with E-state index in [4.69, 9.17) is 15.2 Å². The summed E-state index contributed by atoms with van der Waals surface area (Å²) < 4.78 is 24.0. The predicted octanol–water partition coefficient (Wildman–Crippen LogP) is 3.55. The highest BCUT2D eigenvalue weighted by Gasteiger charge is 2.11. The number of aromatic nitrogens is 2. The van der Waals surface area contributed by atoms with Gasteiger partial charge in [0.2, 0.25) is 5.95 Å². The van der Waals surface area contributed by atoms with E-state index >= 15 is 0 Å². The molecule has 0 aliphatic heterocycles. The Morgan fingerprint density at radius 1 is 0.833 bits per heavy atom. The number of benzene rings is 2. The summed E-state index contributed by atoms with van der Waals surface area (Å²) in [6.07, 6.45) is 0. The van der Waals surface area contributed by atoms with Crippen molar-refractivity contribution < 1.29 is 13.9 Å². The quantitative estimate of drug-likeness (QED) is 0.794. The van der Waals surface area contributed by atoms with E-state index in [2.05, 4.69) is 9.97 Å². The largest absolute Gasteiger partial charge is 0.493 e. The molecule has 0 saturated heterocycles. The van der Waals surface area contributed by atoms with Crippen LogP contribution in [0, 0.1) is 5.82 Å². The third-order valence-corrected chi connectivity index (χ3v) is 3.54. The third-order valence-electron chi connectivity index (χ3n) is 3.54. The van der Waals surface area contributed by atoms with Crippen molar-refractivity contribution >= 4 is 5.95 Å². The Labute approximate surface area is 138 Å². The highest BCUT2D eigenvalue weighted by Crippen LogP contribution is 2.33. The van der Waals surface area contributed by atoms with E-state index in [1.165, 1.54) is 12.1 Å². The normalized spacial score (nSPS) is 10.5. The molecule has 24 heavy (non-hydrogen) atoms. The van der Waals surface area contributed by atoms with Gasteiger partial charge in [-0.25, -0.2) is 14.4 Å². The lowest BCUT2D eigenvalue weighted by molar-refractivity contribution is 0.355. The second kappa shape index (κ2) is 6.54. The Hall–Kier alpha value is -3.15. The summed E-state index contributed by atoms with van der Waals surface area (Å²) >= 11 is 0. The zero-order valence-corrected chi connectivity index (χ0v) is 13.3. The second-order valence-electron chi connectivity index (χ2n) is 5.08. The van der Waals surface area contributed by atoms with Gasteiger partial charge in [0.15, 0.2) is 11.5 Å². The van der Waals surface area contributed by atoms with Gasteiger partial charge in [0.05, 0.1) is 25.6 Å². The van der Waals surface area contributed by atoms with Crippen molar-refractivity contribution in [3.8, 4) is 34.0 Å². The summed E-state index contributed by atoms with van der Waals surface area (Å²) in [4.78, 5) is 8.45. The van der Waals surface area contributed by atoms with Gasteiger partial charge in [0.1, 0.15) is 5.82 Å². The predicted molar refractivity (Wildman–Crippen MR) is 90.4 cm³/mol. The number of methoxy groups -OCH3 is 2. The van der Waals surface area contributed by atoms with Gasteiger partial charge in [-0.1, -0.05) is 12.1 Å². The van der Waals surface area contributed by atoms with E-state index in [1.807, 2.05) is 6.07 Å². The topological polar surface area (TPSA) is 70.3 Å². The lowest BCUT2D eigenvalue weighted by Crippen LogP contribution is -1.99. The molecule has 2 N–H and O–H groups in total. The minimum atomic E-state index is -0.336. The summed E-state index contributed by atoms with van der Waals surface area (Å²) in [5.74, 6) is 0.979. The van der Waals surface area contributed by atoms with Crippen molar-refractivity contribution in [3.63, 3.8) is 0 Å². The number of rotatable bonds is 4. The molecule has 0 radical (unpaired) electrons. The van der Waals surface area contributed by atoms with Crippen LogP contribution < -0.4 is 15.2 Å². The Kier molecular flexibility index (Phi) is 4.29. The summed E-state index contributed by atoms with van der Waals surface area (Å²) in [6, 6.07) is 13.4. The first-order chi connectivity index (χ1) is 11.6. The molecule has 0 bridgehead atoms. The standard InChI is InChI=1S/C18H16FN3O2/c1-23-16-7-6-12(9-17(16)24-2)15-10-14(21-18(20)22-15)11-4-3-5-13(19)8-11/h3-10H,1-2H3,(H2,20,21,22). The maximum Gasteiger partial charge on any atom is 0.221 e. The molecular weight excluding hydrogens is 309 g/mol. The fourth-order valence-electron chi connectivity index (χ4n) is 2.40. The van der Waals surface area contributed by atoms with Crippen LogP contribution in [0.15, 0.2) is 48.5 Å².